The molecule has 0 saturated heterocycles. The van der Waals surface area contributed by atoms with E-state index in [1.807, 2.05) is 43.3 Å². The van der Waals surface area contributed by atoms with Crippen molar-refractivity contribution >= 4 is 37.6 Å². The lowest BCUT2D eigenvalue weighted by Gasteiger charge is -2.07. The van der Waals surface area contributed by atoms with Crippen molar-refractivity contribution in [2.45, 2.75) is 13.3 Å². The predicted octanol–water partition coefficient (Wildman–Crippen LogP) is 4.95. The lowest BCUT2D eigenvalue weighted by molar-refractivity contribution is 0.0992. The van der Waals surface area contributed by atoms with Crippen LogP contribution < -0.4 is 4.74 Å². The maximum Gasteiger partial charge on any atom is 0.168 e. The summed E-state index contributed by atoms with van der Waals surface area (Å²) >= 11 is 6.88. The third-order valence-electron chi connectivity index (χ3n) is 3.01. The summed E-state index contributed by atoms with van der Waals surface area (Å²) in [6.45, 7) is 2.00. The lowest BCUT2D eigenvalue weighted by Crippen LogP contribution is -2.05. The molecule has 2 aromatic carbocycles. The SMILES string of the molecule is COc1ccc(CC(=O)c2ccc(C)cc2Br)cc1Br. The fourth-order valence-electron chi connectivity index (χ4n) is 1.95. The van der Waals surface area contributed by atoms with E-state index >= 15 is 0 Å². The number of hydrogen-bond donors (Lipinski definition) is 0. The highest BCUT2D eigenvalue weighted by atomic mass is 79.9. The molecule has 0 unspecified atom stereocenters. The van der Waals surface area contributed by atoms with Gasteiger partial charge in [-0.1, -0.05) is 28.1 Å². The maximum atomic E-state index is 12.3. The largest absolute Gasteiger partial charge is 0.496 e. The van der Waals surface area contributed by atoms with Crippen molar-refractivity contribution in [1.29, 1.82) is 0 Å². The minimum atomic E-state index is 0.0916. The van der Waals surface area contributed by atoms with Crippen molar-refractivity contribution in [3.8, 4) is 5.75 Å². The van der Waals surface area contributed by atoms with Crippen LogP contribution in [-0.2, 0) is 6.42 Å². The molecule has 0 aromatic heterocycles. The van der Waals surface area contributed by atoms with Crippen molar-refractivity contribution in [3.63, 3.8) is 0 Å². The fraction of sp³-hybridized carbons (Fsp3) is 0.188. The van der Waals surface area contributed by atoms with Gasteiger partial charge in [-0.05, 0) is 58.2 Å². The number of benzene rings is 2. The molecule has 0 aliphatic carbocycles. The summed E-state index contributed by atoms with van der Waals surface area (Å²) in [5, 5.41) is 0. The van der Waals surface area contributed by atoms with Crippen LogP contribution in [0.3, 0.4) is 0 Å². The molecular weight excluding hydrogens is 384 g/mol. The van der Waals surface area contributed by atoms with E-state index < -0.39 is 0 Å². The molecule has 4 heteroatoms. The first kappa shape index (κ1) is 15.3. The van der Waals surface area contributed by atoms with Gasteiger partial charge in [-0.25, -0.2) is 0 Å². The van der Waals surface area contributed by atoms with Crippen molar-refractivity contribution < 1.29 is 9.53 Å². The van der Waals surface area contributed by atoms with E-state index in [4.69, 9.17) is 4.74 Å². The molecule has 0 amide bonds. The number of halogens is 2. The van der Waals surface area contributed by atoms with Gasteiger partial charge in [0.15, 0.2) is 5.78 Å². The van der Waals surface area contributed by atoms with E-state index in [1.54, 1.807) is 7.11 Å². The van der Waals surface area contributed by atoms with Gasteiger partial charge in [-0.3, -0.25) is 4.79 Å². The zero-order valence-corrected chi connectivity index (χ0v) is 14.4. The van der Waals surface area contributed by atoms with Crippen molar-refractivity contribution in [2.75, 3.05) is 7.11 Å². The van der Waals surface area contributed by atoms with Gasteiger partial charge < -0.3 is 4.74 Å². The Bertz CT molecular complexity index is 651. The van der Waals surface area contributed by atoms with E-state index in [0.29, 0.717) is 12.0 Å². The van der Waals surface area contributed by atoms with Crippen LogP contribution >= 0.6 is 31.9 Å². The Kier molecular flexibility index (Phi) is 5.00. The molecule has 0 N–H and O–H groups in total. The number of Topliss-reactive ketones (excluding diaryl/α,β-unsaturated/α-hetero) is 1. The second-order valence-corrected chi connectivity index (χ2v) is 6.26. The number of aryl methyl sites for hydroxylation is 1. The monoisotopic (exact) mass is 396 g/mol. The number of methoxy groups -OCH3 is 1. The Labute approximate surface area is 135 Å². The van der Waals surface area contributed by atoms with E-state index in [0.717, 1.165) is 25.8 Å². The van der Waals surface area contributed by atoms with Crippen molar-refractivity contribution in [1.82, 2.24) is 0 Å². The van der Waals surface area contributed by atoms with E-state index in [2.05, 4.69) is 31.9 Å². The molecule has 0 bridgehead atoms. The molecule has 0 radical (unpaired) electrons. The summed E-state index contributed by atoms with van der Waals surface area (Å²) < 4.78 is 6.88. The highest BCUT2D eigenvalue weighted by Crippen LogP contribution is 2.27. The van der Waals surface area contributed by atoms with E-state index in [1.165, 1.54) is 0 Å². The van der Waals surface area contributed by atoms with Gasteiger partial charge in [-0.15, -0.1) is 0 Å². The van der Waals surface area contributed by atoms with Gasteiger partial charge in [-0.2, -0.15) is 0 Å². The molecule has 2 rings (SSSR count). The van der Waals surface area contributed by atoms with Gasteiger partial charge in [0.05, 0.1) is 11.6 Å². The van der Waals surface area contributed by atoms with Gasteiger partial charge >= 0.3 is 0 Å². The smallest absolute Gasteiger partial charge is 0.168 e. The first-order chi connectivity index (χ1) is 9.51. The van der Waals surface area contributed by atoms with E-state index in [-0.39, 0.29) is 5.78 Å². The molecule has 0 spiro atoms. The molecule has 2 nitrogen and oxygen atoms in total. The van der Waals surface area contributed by atoms with Crippen molar-refractivity contribution in [2.24, 2.45) is 0 Å². The summed E-state index contributed by atoms with van der Waals surface area (Å²) in [6.07, 6.45) is 0.365. The zero-order chi connectivity index (χ0) is 14.7. The average molecular weight is 398 g/mol. The molecule has 0 heterocycles. The van der Waals surface area contributed by atoms with Gasteiger partial charge in [0, 0.05) is 16.5 Å². The molecule has 0 atom stereocenters. The molecule has 20 heavy (non-hydrogen) atoms. The Balaban J connectivity index is 2.21. The van der Waals surface area contributed by atoms with Crippen LogP contribution in [0.25, 0.3) is 0 Å². The maximum absolute atomic E-state index is 12.3. The standard InChI is InChI=1S/C16H14Br2O2/c1-10-3-5-12(13(17)7-10)15(19)9-11-4-6-16(20-2)14(18)8-11/h3-8H,9H2,1-2H3. The van der Waals surface area contributed by atoms with Crippen LogP contribution in [0, 0.1) is 6.92 Å². The number of carbonyl (C=O) groups excluding carboxylic acids is 1. The molecule has 2 aromatic rings. The highest BCUT2D eigenvalue weighted by molar-refractivity contribution is 9.10. The second-order valence-electron chi connectivity index (χ2n) is 4.55. The molecule has 104 valence electrons. The first-order valence-corrected chi connectivity index (χ1v) is 7.71. The molecule has 0 saturated carbocycles. The van der Waals surface area contributed by atoms with Crippen LogP contribution in [0.15, 0.2) is 45.3 Å². The van der Waals surface area contributed by atoms with E-state index in [9.17, 15) is 4.79 Å². The lowest BCUT2D eigenvalue weighted by atomic mass is 10.0. The Morgan fingerprint density at radius 1 is 1.10 bits per heavy atom. The highest BCUT2D eigenvalue weighted by Gasteiger charge is 2.12. The van der Waals surface area contributed by atoms with Crippen LogP contribution in [0.5, 0.6) is 5.75 Å². The number of ether oxygens (including phenoxy) is 1. The number of ketones is 1. The van der Waals surface area contributed by atoms with Gasteiger partial charge in [0.2, 0.25) is 0 Å². The average Bonchev–Trinajstić information content (AvgIpc) is 2.38. The number of carbonyl (C=O) groups is 1. The summed E-state index contributed by atoms with van der Waals surface area (Å²) in [4.78, 5) is 12.3. The predicted molar refractivity (Wildman–Crippen MR) is 87.6 cm³/mol. The molecule has 0 aliphatic heterocycles. The Hall–Kier alpha value is -1.13. The normalized spacial score (nSPS) is 10.4. The first-order valence-electron chi connectivity index (χ1n) is 6.13. The summed E-state index contributed by atoms with van der Waals surface area (Å²) in [5.74, 6) is 0.853. The molecule has 0 aliphatic rings. The van der Waals surface area contributed by atoms with Crippen LogP contribution in [0.1, 0.15) is 21.5 Å². The van der Waals surface area contributed by atoms with Crippen LogP contribution in [-0.4, -0.2) is 12.9 Å². The third-order valence-corrected chi connectivity index (χ3v) is 4.28. The second kappa shape index (κ2) is 6.55. The minimum absolute atomic E-state index is 0.0916. The Morgan fingerprint density at radius 2 is 1.85 bits per heavy atom. The third kappa shape index (κ3) is 3.49. The topological polar surface area (TPSA) is 26.3 Å². The summed E-state index contributed by atoms with van der Waals surface area (Å²) in [5.41, 5.74) is 2.79. The minimum Gasteiger partial charge on any atom is -0.496 e. The van der Waals surface area contributed by atoms with Gasteiger partial charge in [0.25, 0.3) is 0 Å². The summed E-state index contributed by atoms with van der Waals surface area (Å²) in [6, 6.07) is 11.4. The molecule has 0 fully saturated rings. The van der Waals surface area contributed by atoms with Gasteiger partial charge in [0.1, 0.15) is 5.75 Å². The Morgan fingerprint density at radius 3 is 2.45 bits per heavy atom. The number of rotatable bonds is 4. The van der Waals surface area contributed by atoms with Crippen LogP contribution in [0.2, 0.25) is 0 Å². The van der Waals surface area contributed by atoms with Crippen molar-refractivity contribution in [3.05, 3.63) is 62.0 Å². The quantitative estimate of drug-likeness (QED) is 0.682. The van der Waals surface area contributed by atoms with Crippen LogP contribution in [0.4, 0.5) is 0 Å². The summed E-state index contributed by atoms with van der Waals surface area (Å²) in [7, 11) is 1.62. The number of hydrogen-bond acceptors (Lipinski definition) is 2. The zero-order valence-electron chi connectivity index (χ0n) is 11.2. The molecular formula is C16H14Br2O2. The fourth-order valence-corrected chi connectivity index (χ4v) is 3.25.